The first kappa shape index (κ1) is 65.4. The molecular formula is C62H112O6. The van der Waals surface area contributed by atoms with Crippen molar-refractivity contribution in [3.8, 4) is 0 Å². The molecule has 0 aliphatic carbocycles. The number of esters is 3. The van der Waals surface area contributed by atoms with Gasteiger partial charge in [0.2, 0.25) is 0 Å². The second kappa shape index (κ2) is 57.0. The SMILES string of the molecule is CCCC/C=C\C/C=C\CCCCCCCC(=O)OCC(COC(=O)CCCCCCCCC/C=C\CCCCCCCCC)OC(=O)CCCCCCCCC/C=C\CCCCCCCCC. The van der Waals surface area contributed by atoms with Crippen LogP contribution in [0.3, 0.4) is 0 Å². The Morgan fingerprint density at radius 2 is 0.544 bits per heavy atom. The zero-order chi connectivity index (χ0) is 49.3. The Morgan fingerprint density at radius 1 is 0.294 bits per heavy atom. The van der Waals surface area contributed by atoms with Gasteiger partial charge in [0, 0.05) is 19.3 Å². The molecule has 1 unspecified atom stereocenters. The van der Waals surface area contributed by atoms with Gasteiger partial charge in [0.15, 0.2) is 6.10 Å². The number of carbonyl (C=O) groups excluding carboxylic acids is 3. The lowest BCUT2D eigenvalue weighted by Gasteiger charge is -2.18. The van der Waals surface area contributed by atoms with E-state index in [4.69, 9.17) is 14.2 Å². The zero-order valence-corrected chi connectivity index (χ0v) is 45.4. The summed E-state index contributed by atoms with van der Waals surface area (Å²) in [4.78, 5) is 38.2. The molecule has 0 saturated heterocycles. The van der Waals surface area contributed by atoms with Gasteiger partial charge in [-0.3, -0.25) is 14.4 Å². The molecule has 1 atom stereocenters. The third-order valence-electron chi connectivity index (χ3n) is 13.0. The van der Waals surface area contributed by atoms with Crippen molar-refractivity contribution < 1.29 is 28.6 Å². The van der Waals surface area contributed by atoms with E-state index in [1.807, 2.05) is 0 Å². The van der Waals surface area contributed by atoms with Gasteiger partial charge in [-0.25, -0.2) is 0 Å². The van der Waals surface area contributed by atoms with Crippen LogP contribution in [0.1, 0.15) is 310 Å². The van der Waals surface area contributed by atoms with E-state index in [0.717, 1.165) is 77.0 Å². The minimum Gasteiger partial charge on any atom is -0.462 e. The van der Waals surface area contributed by atoms with Crippen LogP contribution in [-0.2, 0) is 28.6 Å². The van der Waals surface area contributed by atoms with E-state index in [1.165, 1.54) is 193 Å². The molecule has 0 aliphatic rings. The van der Waals surface area contributed by atoms with Crippen molar-refractivity contribution in [3.05, 3.63) is 48.6 Å². The largest absolute Gasteiger partial charge is 0.462 e. The standard InChI is InChI=1S/C62H112O6/c1-4-7-10-13-16-19-22-25-28-30-32-34-37-40-43-46-49-52-55-61(64)67-58-59(57-66-60(63)54-51-48-45-42-39-36-27-24-21-18-15-12-9-6-3)68-62(65)56-53-50-47-44-41-38-35-33-31-29-26-23-20-17-14-11-8-5-2/h15,18,24,27-31,59H,4-14,16-17,19-23,25-26,32-58H2,1-3H3/b18-15-,27-24-,30-28-,31-29-. The van der Waals surface area contributed by atoms with E-state index >= 15 is 0 Å². The molecule has 6 nitrogen and oxygen atoms in total. The second-order valence-corrected chi connectivity index (χ2v) is 19.9. The van der Waals surface area contributed by atoms with Crippen LogP contribution < -0.4 is 0 Å². The molecule has 0 radical (unpaired) electrons. The maximum Gasteiger partial charge on any atom is 0.306 e. The summed E-state index contributed by atoms with van der Waals surface area (Å²) in [7, 11) is 0. The van der Waals surface area contributed by atoms with Crippen LogP contribution in [0.25, 0.3) is 0 Å². The lowest BCUT2D eigenvalue weighted by molar-refractivity contribution is -0.167. The Bertz CT molecular complexity index is 1190. The fourth-order valence-corrected chi connectivity index (χ4v) is 8.51. The van der Waals surface area contributed by atoms with Gasteiger partial charge in [0.05, 0.1) is 0 Å². The summed E-state index contributed by atoms with van der Waals surface area (Å²) in [5.41, 5.74) is 0. The van der Waals surface area contributed by atoms with E-state index < -0.39 is 6.10 Å². The highest BCUT2D eigenvalue weighted by Gasteiger charge is 2.19. The summed E-state index contributed by atoms with van der Waals surface area (Å²) < 4.78 is 16.9. The molecule has 0 aliphatic heterocycles. The van der Waals surface area contributed by atoms with Crippen molar-refractivity contribution in [2.24, 2.45) is 0 Å². The summed E-state index contributed by atoms with van der Waals surface area (Å²) in [5, 5.41) is 0. The molecule has 0 aromatic carbocycles. The predicted molar refractivity (Wildman–Crippen MR) is 293 cm³/mol. The molecule has 0 saturated carbocycles. The van der Waals surface area contributed by atoms with E-state index in [2.05, 4.69) is 69.4 Å². The second-order valence-electron chi connectivity index (χ2n) is 19.9. The molecule has 68 heavy (non-hydrogen) atoms. The van der Waals surface area contributed by atoms with E-state index in [0.29, 0.717) is 19.3 Å². The molecule has 0 heterocycles. The zero-order valence-electron chi connectivity index (χ0n) is 45.4. The van der Waals surface area contributed by atoms with Gasteiger partial charge in [-0.15, -0.1) is 0 Å². The molecule has 6 heteroatoms. The van der Waals surface area contributed by atoms with Crippen LogP contribution in [0, 0.1) is 0 Å². The predicted octanol–water partition coefficient (Wildman–Crippen LogP) is 19.8. The van der Waals surface area contributed by atoms with E-state index in [-0.39, 0.29) is 31.1 Å². The van der Waals surface area contributed by atoms with Crippen molar-refractivity contribution in [2.75, 3.05) is 13.2 Å². The van der Waals surface area contributed by atoms with E-state index in [1.54, 1.807) is 0 Å². The summed E-state index contributed by atoms with van der Waals surface area (Å²) in [5.74, 6) is -0.889. The highest BCUT2D eigenvalue weighted by molar-refractivity contribution is 5.71. The number of ether oxygens (including phenoxy) is 3. The van der Waals surface area contributed by atoms with Crippen molar-refractivity contribution in [2.45, 2.75) is 316 Å². The molecule has 0 rings (SSSR count). The van der Waals surface area contributed by atoms with Gasteiger partial charge >= 0.3 is 17.9 Å². The lowest BCUT2D eigenvalue weighted by Crippen LogP contribution is -2.30. The Balaban J connectivity index is 4.37. The quantitative estimate of drug-likeness (QED) is 0.0262. The van der Waals surface area contributed by atoms with E-state index in [9.17, 15) is 14.4 Å². The minimum absolute atomic E-state index is 0.0801. The van der Waals surface area contributed by atoms with Gasteiger partial charge in [0.1, 0.15) is 13.2 Å². The van der Waals surface area contributed by atoms with Crippen LogP contribution in [0.4, 0.5) is 0 Å². The Hall–Kier alpha value is -2.63. The fourth-order valence-electron chi connectivity index (χ4n) is 8.51. The first-order valence-electron chi connectivity index (χ1n) is 29.6. The molecule has 0 bridgehead atoms. The van der Waals surface area contributed by atoms with Gasteiger partial charge < -0.3 is 14.2 Å². The van der Waals surface area contributed by atoms with Crippen LogP contribution in [0.2, 0.25) is 0 Å². The number of hydrogen-bond acceptors (Lipinski definition) is 6. The third-order valence-corrected chi connectivity index (χ3v) is 13.0. The number of carbonyl (C=O) groups is 3. The topological polar surface area (TPSA) is 78.9 Å². The molecule has 0 amide bonds. The van der Waals surface area contributed by atoms with Gasteiger partial charge in [0.25, 0.3) is 0 Å². The average molecular weight is 954 g/mol. The van der Waals surface area contributed by atoms with Crippen LogP contribution >= 0.6 is 0 Å². The first-order chi connectivity index (χ1) is 33.5. The number of rotatable bonds is 54. The number of allylic oxidation sites excluding steroid dienone is 8. The average Bonchev–Trinajstić information content (AvgIpc) is 3.34. The fraction of sp³-hybridized carbons (Fsp3) is 0.823. The lowest BCUT2D eigenvalue weighted by atomic mass is 10.1. The Morgan fingerprint density at radius 3 is 0.868 bits per heavy atom. The molecular weight excluding hydrogens is 841 g/mol. The van der Waals surface area contributed by atoms with Crippen molar-refractivity contribution in [1.29, 1.82) is 0 Å². The van der Waals surface area contributed by atoms with Gasteiger partial charge in [-0.2, -0.15) is 0 Å². The smallest absolute Gasteiger partial charge is 0.306 e. The molecule has 0 aromatic rings. The molecule has 0 fully saturated rings. The maximum atomic E-state index is 12.9. The van der Waals surface area contributed by atoms with Crippen molar-refractivity contribution >= 4 is 17.9 Å². The molecule has 0 spiro atoms. The molecule has 0 N–H and O–H groups in total. The van der Waals surface area contributed by atoms with Gasteiger partial charge in [-0.05, 0) is 96.3 Å². The van der Waals surface area contributed by atoms with Crippen LogP contribution in [0.5, 0.6) is 0 Å². The van der Waals surface area contributed by atoms with Gasteiger partial charge in [-0.1, -0.05) is 243 Å². The Labute approximate surface area is 422 Å². The molecule has 396 valence electrons. The van der Waals surface area contributed by atoms with Crippen molar-refractivity contribution in [3.63, 3.8) is 0 Å². The molecule has 0 aromatic heterocycles. The summed E-state index contributed by atoms with van der Waals surface area (Å²) in [6.07, 6.45) is 69.6. The van der Waals surface area contributed by atoms with Crippen LogP contribution in [0.15, 0.2) is 48.6 Å². The summed E-state index contributed by atoms with van der Waals surface area (Å²) in [6.45, 7) is 6.61. The highest BCUT2D eigenvalue weighted by atomic mass is 16.6. The summed E-state index contributed by atoms with van der Waals surface area (Å²) >= 11 is 0. The first-order valence-corrected chi connectivity index (χ1v) is 29.6. The van der Waals surface area contributed by atoms with Crippen molar-refractivity contribution in [1.82, 2.24) is 0 Å². The summed E-state index contributed by atoms with van der Waals surface area (Å²) in [6, 6.07) is 0. The Kier molecular flexibility index (Phi) is 54.8. The highest BCUT2D eigenvalue weighted by Crippen LogP contribution is 2.16. The third kappa shape index (κ3) is 54.3. The number of unbranched alkanes of at least 4 members (excludes halogenated alkanes) is 35. The minimum atomic E-state index is -0.782. The normalized spacial score (nSPS) is 12.3. The monoisotopic (exact) mass is 953 g/mol. The maximum absolute atomic E-state index is 12.9. The van der Waals surface area contributed by atoms with Crippen LogP contribution in [-0.4, -0.2) is 37.2 Å². The number of hydrogen-bond donors (Lipinski definition) is 0.